The number of nitrogens with zero attached hydrogens (tertiary/aromatic N) is 2. The molecule has 5 aromatic rings. The lowest BCUT2D eigenvalue weighted by molar-refractivity contribution is -0.129. The molecule has 0 radical (unpaired) electrons. The molecule has 2 heterocycles. The highest BCUT2D eigenvalue weighted by Gasteiger charge is 2.17. The number of carbonyl (C=O) groups is 1. The summed E-state index contributed by atoms with van der Waals surface area (Å²) in [4.78, 5) is 20.3. The third kappa shape index (κ3) is 10.4. The summed E-state index contributed by atoms with van der Waals surface area (Å²) < 4.78 is 54.7. The van der Waals surface area contributed by atoms with Crippen LogP contribution in [-0.4, -0.2) is 48.1 Å². The molecule has 0 atom stereocenters. The summed E-state index contributed by atoms with van der Waals surface area (Å²) in [6.45, 7) is 0.458. The van der Waals surface area contributed by atoms with Crippen LogP contribution in [0.4, 0.5) is 15.9 Å². The second-order valence-corrected chi connectivity index (χ2v) is 14.1. The van der Waals surface area contributed by atoms with Crippen LogP contribution in [0.25, 0.3) is 22.2 Å². The summed E-state index contributed by atoms with van der Waals surface area (Å²) in [5.41, 5.74) is 4.20. The molecule has 0 spiro atoms. The number of aromatic nitrogens is 2. The SMILES string of the molecule is CS(=O)(=O)CCCCc1ccc(-c2cc3c(Nc4ccc(OCc5cccc(F)c5)c(Cl)c4)ncnc3cc2OCCCCC(=O)NO)o1. The van der Waals surface area contributed by atoms with Crippen LogP contribution in [0.2, 0.25) is 5.02 Å². The number of ether oxygens (including phenoxy) is 2. The molecule has 0 aliphatic rings. The van der Waals surface area contributed by atoms with Crippen LogP contribution < -0.4 is 20.3 Å². The maximum atomic E-state index is 13.5. The van der Waals surface area contributed by atoms with E-state index in [2.05, 4.69) is 15.3 Å². The van der Waals surface area contributed by atoms with Crippen LogP contribution in [0, 0.1) is 5.82 Å². The highest BCUT2D eigenvalue weighted by molar-refractivity contribution is 7.90. The van der Waals surface area contributed by atoms with Crippen molar-refractivity contribution < 1.29 is 36.7 Å². The number of sulfone groups is 1. The molecule has 0 bridgehead atoms. The number of anilines is 2. The molecule has 2 aromatic heterocycles. The fourth-order valence-electron chi connectivity index (χ4n) is 5.06. The first-order valence-corrected chi connectivity index (χ1v) is 18.1. The van der Waals surface area contributed by atoms with Crippen LogP contribution in [0.5, 0.6) is 11.5 Å². The Bertz CT molecular complexity index is 2020. The molecule has 11 nitrogen and oxygen atoms in total. The number of carbonyl (C=O) groups excluding carboxylic acids is 1. The molecule has 0 unspecified atom stereocenters. The van der Waals surface area contributed by atoms with Gasteiger partial charge in [0.25, 0.3) is 0 Å². The second kappa shape index (κ2) is 16.6. The van der Waals surface area contributed by atoms with E-state index in [9.17, 15) is 17.6 Å². The normalized spacial score (nSPS) is 11.4. The Hall–Kier alpha value is -4.72. The van der Waals surface area contributed by atoms with Gasteiger partial charge in [-0.05, 0) is 79.8 Å². The molecule has 0 saturated heterocycles. The molecule has 1 amide bonds. The van der Waals surface area contributed by atoms with E-state index in [1.165, 1.54) is 24.7 Å². The Morgan fingerprint density at radius 2 is 1.84 bits per heavy atom. The van der Waals surface area contributed by atoms with Gasteiger partial charge in [0.05, 0.1) is 22.7 Å². The van der Waals surface area contributed by atoms with Gasteiger partial charge in [0, 0.05) is 42.0 Å². The number of hydrogen-bond acceptors (Lipinski definition) is 10. The van der Waals surface area contributed by atoms with E-state index in [0.717, 1.165) is 0 Å². The zero-order valence-electron chi connectivity index (χ0n) is 26.7. The summed E-state index contributed by atoms with van der Waals surface area (Å²) in [7, 11) is -3.03. The van der Waals surface area contributed by atoms with Crippen molar-refractivity contribution in [3.63, 3.8) is 0 Å². The monoisotopic (exact) mass is 710 g/mol. The first-order chi connectivity index (χ1) is 23.6. The van der Waals surface area contributed by atoms with Gasteiger partial charge < -0.3 is 19.2 Å². The van der Waals surface area contributed by atoms with E-state index < -0.39 is 15.7 Å². The second-order valence-electron chi connectivity index (χ2n) is 11.5. The number of nitrogens with one attached hydrogen (secondary N) is 2. The van der Waals surface area contributed by atoms with E-state index in [1.807, 2.05) is 18.2 Å². The lowest BCUT2D eigenvalue weighted by Crippen LogP contribution is -2.18. The van der Waals surface area contributed by atoms with Crippen molar-refractivity contribution in [3.05, 3.63) is 95.2 Å². The van der Waals surface area contributed by atoms with Crippen molar-refractivity contribution in [3.8, 4) is 22.8 Å². The van der Waals surface area contributed by atoms with Crippen LogP contribution in [0.3, 0.4) is 0 Å². The molecular weight excluding hydrogens is 675 g/mol. The van der Waals surface area contributed by atoms with Gasteiger partial charge in [-0.3, -0.25) is 10.0 Å². The topological polar surface area (TPSA) is 153 Å². The average Bonchev–Trinajstić information content (AvgIpc) is 3.54. The van der Waals surface area contributed by atoms with E-state index in [0.29, 0.717) is 100 Å². The smallest absolute Gasteiger partial charge is 0.243 e. The van der Waals surface area contributed by atoms with Crippen LogP contribution in [0.15, 0.2) is 77.5 Å². The number of amides is 1. The average molecular weight is 711 g/mol. The van der Waals surface area contributed by atoms with Crippen molar-refractivity contribution in [2.75, 3.05) is 23.9 Å². The lowest BCUT2D eigenvalue weighted by atomic mass is 10.1. The first-order valence-electron chi connectivity index (χ1n) is 15.6. The first kappa shape index (κ1) is 35.6. The summed E-state index contributed by atoms with van der Waals surface area (Å²) in [5.74, 6) is 2.03. The lowest BCUT2D eigenvalue weighted by Gasteiger charge is -2.15. The highest BCUT2D eigenvalue weighted by Crippen LogP contribution is 2.38. The molecule has 3 aromatic carbocycles. The summed E-state index contributed by atoms with van der Waals surface area (Å²) in [6.07, 6.45) is 5.66. The van der Waals surface area contributed by atoms with Gasteiger partial charge in [-0.25, -0.2) is 28.3 Å². The summed E-state index contributed by atoms with van der Waals surface area (Å²) in [5, 5.41) is 13.1. The van der Waals surface area contributed by atoms with Crippen molar-refractivity contribution in [2.24, 2.45) is 0 Å². The van der Waals surface area contributed by atoms with Gasteiger partial charge in [0.2, 0.25) is 5.91 Å². The van der Waals surface area contributed by atoms with Gasteiger partial charge >= 0.3 is 0 Å². The minimum absolute atomic E-state index is 0.120. The predicted octanol–water partition coefficient (Wildman–Crippen LogP) is 7.43. The van der Waals surface area contributed by atoms with Crippen molar-refractivity contribution in [2.45, 2.75) is 45.1 Å². The summed E-state index contributed by atoms with van der Waals surface area (Å²) >= 11 is 6.54. The number of rotatable bonds is 17. The zero-order valence-corrected chi connectivity index (χ0v) is 28.3. The molecule has 0 saturated carbocycles. The molecule has 49 heavy (non-hydrogen) atoms. The minimum atomic E-state index is -3.03. The summed E-state index contributed by atoms with van der Waals surface area (Å²) in [6, 6.07) is 18.7. The van der Waals surface area contributed by atoms with Crippen molar-refractivity contribution >= 4 is 49.8 Å². The molecule has 0 aliphatic heterocycles. The number of fused-ring (bicyclic) bond motifs is 1. The van der Waals surface area contributed by atoms with E-state index in [1.54, 1.807) is 41.9 Å². The van der Waals surface area contributed by atoms with Gasteiger partial charge in [-0.15, -0.1) is 0 Å². The number of halogens is 2. The maximum Gasteiger partial charge on any atom is 0.243 e. The quantitative estimate of drug-likeness (QED) is 0.0505. The Morgan fingerprint density at radius 3 is 2.61 bits per heavy atom. The number of hydroxylamine groups is 1. The van der Waals surface area contributed by atoms with Crippen molar-refractivity contribution in [1.82, 2.24) is 15.4 Å². The van der Waals surface area contributed by atoms with Gasteiger partial charge in [-0.2, -0.15) is 0 Å². The largest absolute Gasteiger partial charge is 0.493 e. The van der Waals surface area contributed by atoms with Crippen molar-refractivity contribution in [1.29, 1.82) is 0 Å². The molecule has 258 valence electrons. The number of aryl methyl sites for hydroxylation is 1. The molecule has 5 rings (SSSR count). The third-order valence-electron chi connectivity index (χ3n) is 7.51. The van der Waals surface area contributed by atoms with Crippen LogP contribution in [0.1, 0.15) is 43.4 Å². The standard InChI is InChI=1S/C35H36ClFN4O7S/c1-49(44,45)16-5-3-9-26-12-14-31(48-26)28-19-27-30(20-33(28)46-15-4-2-10-34(42)41-43)38-22-39-35(27)40-25-11-13-32(29(36)18-25)47-21-23-7-6-8-24(37)17-23/h6-8,11-14,17-20,22,43H,2-5,9-10,15-16,21H2,1H3,(H,41,42)(H,38,39,40). The van der Waals surface area contributed by atoms with Crippen LogP contribution in [-0.2, 0) is 27.7 Å². The van der Waals surface area contributed by atoms with Gasteiger partial charge in [-0.1, -0.05) is 23.7 Å². The fraction of sp³-hybridized carbons (Fsp3) is 0.286. The van der Waals surface area contributed by atoms with Gasteiger partial charge in [0.1, 0.15) is 57.4 Å². The highest BCUT2D eigenvalue weighted by atomic mass is 35.5. The number of benzene rings is 3. The Kier molecular flexibility index (Phi) is 12.1. The maximum absolute atomic E-state index is 13.5. The molecule has 0 fully saturated rings. The van der Waals surface area contributed by atoms with E-state index >= 15 is 0 Å². The minimum Gasteiger partial charge on any atom is -0.493 e. The van der Waals surface area contributed by atoms with Crippen LogP contribution >= 0.6 is 11.6 Å². The van der Waals surface area contributed by atoms with E-state index in [4.69, 9.17) is 30.7 Å². The molecule has 0 aliphatic carbocycles. The molecular formula is C35H36ClFN4O7S. The number of hydrogen-bond donors (Lipinski definition) is 3. The predicted molar refractivity (Wildman–Crippen MR) is 185 cm³/mol. The Labute approximate surface area is 288 Å². The van der Waals surface area contributed by atoms with Gasteiger partial charge in [0.15, 0.2) is 0 Å². The number of furan rings is 1. The molecule has 3 N–H and O–H groups in total. The zero-order chi connectivity index (χ0) is 34.8. The molecule has 14 heteroatoms. The Balaban J connectivity index is 1.37. The Morgan fingerprint density at radius 1 is 0.980 bits per heavy atom. The third-order valence-corrected chi connectivity index (χ3v) is 8.84. The van der Waals surface area contributed by atoms with E-state index in [-0.39, 0.29) is 24.6 Å². The number of unbranched alkanes of at least 4 members (excludes halogenated alkanes) is 2. The fourth-order valence-corrected chi connectivity index (χ4v) is 6.03.